The molecule has 3 aromatic rings. The number of benzene rings is 2. The number of hydrogen-bond acceptors (Lipinski definition) is 6. The highest BCUT2D eigenvalue weighted by Gasteiger charge is 2.23. The van der Waals surface area contributed by atoms with Gasteiger partial charge in [-0.05, 0) is 55.9 Å². The number of carbonyl (C=O) groups is 1. The van der Waals surface area contributed by atoms with E-state index in [4.69, 9.17) is 49.5 Å². The molecule has 4 rings (SSSR count). The molecule has 1 heterocycles. The topological polar surface area (TPSA) is 79.4 Å². The maximum absolute atomic E-state index is 12.3. The van der Waals surface area contributed by atoms with Crippen LogP contribution in [0.3, 0.4) is 0 Å². The van der Waals surface area contributed by atoms with Gasteiger partial charge in [0, 0.05) is 37.1 Å². The normalized spacial score (nSPS) is 17.7. The third-order valence-corrected chi connectivity index (χ3v) is 6.86. The summed E-state index contributed by atoms with van der Waals surface area (Å²) in [6.07, 6.45) is 3.98. The van der Waals surface area contributed by atoms with Crippen LogP contribution in [0.5, 0.6) is 5.75 Å². The maximum Gasteiger partial charge on any atom is 0.257 e. The third kappa shape index (κ3) is 6.60. The zero-order chi connectivity index (χ0) is 24.9. The molecule has 186 valence electrons. The molecule has 1 aliphatic carbocycles. The predicted molar refractivity (Wildman–Crippen MR) is 143 cm³/mol. The van der Waals surface area contributed by atoms with Crippen LogP contribution in [0.15, 0.2) is 36.4 Å². The van der Waals surface area contributed by atoms with Crippen LogP contribution in [0, 0.1) is 5.92 Å². The van der Waals surface area contributed by atoms with Crippen molar-refractivity contribution in [2.75, 3.05) is 37.5 Å². The number of anilines is 2. The van der Waals surface area contributed by atoms with Crippen molar-refractivity contribution in [2.45, 2.75) is 31.7 Å². The van der Waals surface area contributed by atoms with E-state index < -0.39 is 0 Å². The molecule has 0 bridgehead atoms. The van der Waals surface area contributed by atoms with Crippen molar-refractivity contribution in [2.24, 2.45) is 5.92 Å². The van der Waals surface area contributed by atoms with E-state index in [0.29, 0.717) is 29.5 Å². The van der Waals surface area contributed by atoms with Gasteiger partial charge in [-0.3, -0.25) is 4.79 Å². The van der Waals surface area contributed by atoms with Crippen LogP contribution < -0.4 is 20.3 Å². The summed E-state index contributed by atoms with van der Waals surface area (Å²) >= 11 is 18.1. The summed E-state index contributed by atoms with van der Waals surface area (Å²) in [5.74, 6) is 2.01. The van der Waals surface area contributed by atoms with Crippen LogP contribution in [-0.2, 0) is 4.79 Å². The second kappa shape index (κ2) is 11.5. The van der Waals surface area contributed by atoms with Crippen molar-refractivity contribution in [1.29, 1.82) is 0 Å². The van der Waals surface area contributed by atoms with Gasteiger partial charge in [-0.2, -0.15) is 4.98 Å². The third-order valence-electron chi connectivity index (χ3n) is 6.09. The first-order valence-corrected chi connectivity index (χ1v) is 12.7. The van der Waals surface area contributed by atoms with Crippen molar-refractivity contribution in [3.63, 3.8) is 0 Å². The Bertz CT molecular complexity index is 1180. The number of nitrogens with zero attached hydrogens (tertiary/aromatic N) is 3. The number of nitrogens with one attached hydrogen (secondary N) is 2. The molecule has 1 saturated carbocycles. The first kappa shape index (κ1) is 25.6. The fourth-order valence-corrected chi connectivity index (χ4v) is 5.20. The summed E-state index contributed by atoms with van der Waals surface area (Å²) in [6.45, 7) is 0.444. The zero-order valence-corrected chi connectivity index (χ0v) is 21.9. The summed E-state index contributed by atoms with van der Waals surface area (Å²) in [4.78, 5) is 23.7. The molecule has 10 heteroatoms. The molecule has 2 aromatic carbocycles. The monoisotopic (exact) mass is 535 g/mol. The van der Waals surface area contributed by atoms with E-state index in [1.807, 2.05) is 43.3 Å². The molecule has 7 nitrogen and oxygen atoms in total. The van der Waals surface area contributed by atoms with Crippen LogP contribution in [0.4, 0.5) is 11.8 Å². The zero-order valence-electron chi connectivity index (χ0n) is 19.7. The van der Waals surface area contributed by atoms with Gasteiger partial charge >= 0.3 is 0 Å². The number of fused-ring (bicyclic) bond motifs is 1. The van der Waals surface area contributed by atoms with E-state index >= 15 is 0 Å². The molecule has 0 radical (unpaired) electrons. The molecular weight excluding hydrogens is 509 g/mol. The summed E-state index contributed by atoms with van der Waals surface area (Å²) in [6, 6.07) is 11.4. The van der Waals surface area contributed by atoms with E-state index in [1.165, 1.54) is 12.1 Å². The molecule has 1 fully saturated rings. The van der Waals surface area contributed by atoms with E-state index in [1.54, 1.807) is 0 Å². The minimum Gasteiger partial charge on any atom is -0.481 e. The van der Waals surface area contributed by atoms with Crippen molar-refractivity contribution in [3.05, 3.63) is 51.5 Å². The lowest BCUT2D eigenvalue weighted by molar-refractivity contribution is -0.123. The Kier molecular flexibility index (Phi) is 8.42. The van der Waals surface area contributed by atoms with Gasteiger partial charge in [-0.15, -0.1) is 0 Å². The number of hydrogen-bond donors (Lipinski definition) is 2. The van der Waals surface area contributed by atoms with Crippen LogP contribution in [-0.4, -0.2) is 49.2 Å². The molecule has 0 spiro atoms. The van der Waals surface area contributed by atoms with Crippen LogP contribution in [0.1, 0.15) is 25.7 Å². The van der Waals surface area contributed by atoms with E-state index in [-0.39, 0.29) is 28.3 Å². The van der Waals surface area contributed by atoms with Crippen LogP contribution in [0.25, 0.3) is 10.9 Å². The molecule has 2 N–H and O–H groups in total. The Hall–Kier alpha value is -2.48. The van der Waals surface area contributed by atoms with Gasteiger partial charge in [0.15, 0.2) is 12.4 Å². The Morgan fingerprint density at radius 2 is 1.74 bits per heavy atom. The predicted octanol–water partition coefficient (Wildman–Crippen LogP) is 5.82. The van der Waals surface area contributed by atoms with E-state index in [0.717, 1.165) is 42.4 Å². The van der Waals surface area contributed by atoms with E-state index in [2.05, 4.69) is 10.6 Å². The van der Waals surface area contributed by atoms with Gasteiger partial charge < -0.3 is 20.3 Å². The number of ether oxygens (including phenoxy) is 1. The largest absolute Gasteiger partial charge is 0.481 e. The maximum atomic E-state index is 12.3. The fraction of sp³-hybridized carbons (Fsp3) is 0.400. The van der Waals surface area contributed by atoms with Gasteiger partial charge in [0.25, 0.3) is 5.91 Å². The van der Waals surface area contributed by atoms with Crippen LogP contribution in [0.2, 0.25) is 15.1 Å². The molecular formula is C25H28Cl3N5O2. The molecule has 1 aliphatic rings. The van der Waals surface area contributed by atoms with Crippen molar-refractivity contribution in [1.82, 2.24) is 15.3 Å². The molecule has 0 atom stereocenters. The quantitative estimate of drug-likeness (QED) is 0.378. The minimum atomic E-state index is -0.215. The molecule has 35 heavy (non-hydrogen) atoms. The highest BCUT2D eigenvalue weighted by atomic mass is 35.5. The van der Waals surface area contributed by atoms with Crippen molar-refractivity contribution >= 4 is 63.4 Å². The number of rotatable bonds is 8. The average molecular weight is 537 g/mol. The molecule has 0 unspecified atom stereocenters. The van der Waals surface area contributed by atoms with Gasteiger partial charge in [0.2, 0.25) is 5.95 Å². The first-order chi connectivity index (χ1) is 16.8. The van der Waals surface area contributed by atoms with Gasteiger partial charge in [0.1, 0.15) is 5.82 Å². The Labute approximate surface area is 220 Å². The van der Waals surface area contributed by atoms with Crippen LogP contribution >= 0.6 is 34.8 Å². The van der Waals surface area contributed by atoms with Crippen molar-refractivity contribution < 1.29 is 9.53 Å². The lowest BCUT2D eigenvalue weighted by Crippen LogP contribution is -2.36. The average Bonchev–Trinajstić information content (AvgIpc) is 2.82. The van der Waals surface area contributed by atoms with E-state index in [9.17, 15) is 4.79 Å². The Morgan fingerprint density at radius 1 is 1.06 bits per heavy atom. The highest BCUT2D eigenvalue weighted by molar-refractivity contribution is 6.40. The Morgan fingerprint density at radius 3 is 2.43 bits per heavy atom. The number of para-hydroxylation sites is 1. The lowest BCUT2D eigenvalue weighted by Gasteiger charge is -2.29. The summed E-state index contributed by atoms with van der Waals surface area (Å²) < 4.78 is 5.50. The number of halogens is 3. The van der Waals surface area contributed by atoms with Gasteiger partial charge in [-0.25, -0.2) is 4.98 Å². The highest BCUT2D eigenvalue weighted by Crippen LogP contribution is 2.35. The Balaban J connectivity index is 1.24. The molecule has 0 saturated heterocycles. The number of amides is 1. The number of carbonyl (C=O) groups excluding carboxylic acids is 1. The van der Waals surface area contributed by atoms with Gasteiger partial charge in [0.05, 0.1) is 15.6 Å². The minimum absolute atomic E-state index is 0.161. The summed E-state index contributed by atoms with van der Waals surface area (Å²) in [5.41, 5.74) is 0.925. The standard InChI is InChI=1S/C25H28Cl3N5O2/c1-33(2)24-18-5-3-4-6-21(18)31-25(32-24)30-17-9-7-15(8-10-17)13-29-22(34)14-35-23-19(27)11-16(26)12-20(23)28/h3-6,11-12,15,17H,7-10,13-14H2,1-2H3,(H,29,34)(H,30,31,32). The number of aromatic nitrogens is 2. The second-order valence-corrected chi connectivity index (χ2v) is 10.2. The molecule has 0 aliphatic heterocycles. The van der Waals surface area contributed by atoms with Crippen molar-refractivity contribution in [3.8, 4) is 5.75 Å². The van der Waals surface area contributed by atoms with Gasteiger partial charge in [-0.1, -0.05) is 46.9 Å². The summed E-state index contributed by atoms with van der Waals surface area (Å²) in [5, 5.41) is 8.46. The first-order valence-electron chi connectivity index (χ1n) is 11.5. The SMILES string of the molecule is CN(C)c1nc(NC2CCC(CNC(=O)COc3c(Cl)cc(Cl)cc3Cl)CC2)nc2ccccc12. The summed E-state index contributed by atoms with van der Waals surface area (Å²) in [7, 11) is 3.98. The lowest BCUT2D eigenvalue weighted by atomic mass is 9.86. The molecule has 1 amide bonds. The second-order valence-electron chi connectivity index (χ2n) is 8.94. The fourth-order valence-electron chi connectivity index (χ4n) is 4.27. The smallest absolute Gasteiger partial charge is 0.257 e. The molecule has 1 aromatic heterocycles.